The highest BCUT2D eigenvalue weighted by molar-refractivity contribution is 7.09. The quantitative estimate of drug-likeness (QED) is 0.664. The molecule has 4 rings (SSSR count). The second-order valence-corrected chi connectivity index (χ2v) is 7.94. The van der Waals surface area contributed by atoms with Crippen LogP contribution in [0.15, 0.2) is 42.0 Å². The van der Waals surface area contributed by atoms with Crippen LogP contribution < -0.4 is 10.1 Å². The van der Waals surface area contributed by atoms with E-state index in [1.54, 1.807) is 11.3 Å². The number of nitrogens with one attached hydrogen (secondary N) is 1. The summed E-state index contributed by atoms with van der Waals surface area (Å²) in [6.07, 6.45) is 3.89. The molecule has 1 aliphatic heterocycles. The molecular formula is C20H26ClN5OS. The lowest BCUT2D eigenvalue weighted by Gasteiger charge is -2.35. The Morgan fingerprint density at radius 2 is 2.11 bits per heavy atom. The fraction of sp³-hybridized carbons (Fsp3) is 0.400. The summed E-state index contributed by atoms with van der Waals surface area (Å²) in [6.45, 7) is 6.39. The molecule has 1 atom stereocenters. The van der Waals surface area contributed by atoms with E-state index >= 15 is 0 Å². The highest BCUT2D eigenvalue weighted by Gasteiger charge is 2.26. The van der Waals surface area contributed by atoms with Gasteiger partial charge in [0.25, 0.3) is 0 Å². The van der Waals surface area contributed by atoms with Gasteiger partial charge >= 0.3 is 0 Å². The van der Waals surface area contributed by atoms with E-state index in [0.717, 1.165) is 48.5 Å². The van der Waals surface area contributed by atoms with Crippen LogP contribution in [-0.2, 0) is 20.2 Å². The third kappa shape index (κ3) is 4.91. The van der Waals surface area contributed by atoms with Crippen LogP contribution in [0.5, 0.6) is 5.75 Å². The standard InChI is InChI=1S/C20H25N5OS.ClH/c1-15-23-17(14-27-15)13-26-18-5-3-16(4-6-18)12-25-10-7-21-11-19(25)20-22-8-9-24(20)2;/h3-6,8-9,14,19,21H,7,10-13H2,1-2H3;1H. The maximum atomic E-state index is 5.85. The summed E-state index contributed by atoms with van der Waals surface area (Å²) in [6, 6.07) is 8.69. The normalized spacial score (nSPS) is 17.3. The fourth-order valence-electron chi connectivity index (χ4n) is 3.45. The summed E-state index contributed by atoms with van der Waals surface area (Å²) < 4.78 is 7.97. The van der Waals surface area contributed by atoms with E-state index in [2.05, 4.69) is 43.9 Å². The number of thiazole rings is 1. The molecule has 6 nitrogen and oxygen atoms in total. The highest BCUT2D eigenvalue weighted by Crippen LogP contribution is 2.23. The molecule has 0 amide bonds. The average Bonchev–Trinajstić information content (AvgIpc) is 3.30. The van der Waals surface area contributed by atoms with Gasteiger partial charge in [-0.3, -0.25) is 4.90 Å². The van der Waals surface area contributed by atoms with E-state index in [1.807, 2.05) is 36.8 Å². The van der Waals surface area contributed by atoms with E-state index in [9.17, 15) is 0 Å². The maximum Gasteiger partial charge on any atom is 0.131 e. The Bertz CT molecular complexity index is 879. The van der Waals surface area contributed by atoms with Crippen molar-refractivity contribution < 1.29 is 4.74 Å². The van der Waals surface area contributed by atoms with Crippen molar-refractivity contribution >= 4 is 23.7 Å². The number of rotatable bonds is 6. The van der Waals surface area contributed by atoms with Crippen LogP contribution in [-0.4, -0.2) is 39.1 Å². The molecule has 1 fully saturated rings. The van der Waals surface area contributed by atoms with Crippen LogP contribution in [0.1, 0.15) is 28.1 Å². The molecule has 1 unspecified atom stereocenters. The van der Waals surface area contributed by atoms with Gasteiger partial charge in [-0.15, -0.1) is 23.7 Å². The van der Waals surface area contributed by atoms with Gasteiger partial charge in [-0.05, 0) is 24.6 Å². The van der Waals surface area contributed by atoms with Crippen LogP contribution in [0.2, 0.25) is 0 Å². The fourth-order valence-corrected chi connectivity index (χ4v) is 4.04. The summed E-state index contributed by atoms with van der Waals surface area (Å²) in [5.41, 5.74) is 2.27. The molecule has 1 aromatic carbocycles. The molecule has 2 aromatic heterocycles. The summed E-state index contributed by atoms with van der Waals surface area (Å²) >= 11 is 1.65. The molecule has 1 aliphatic rings. The largest absolute Gasteiger partial charge is 0.487 e. The van der Waals surface area contributed by atoms with Crippen molar-refractivity contribution in [1.82, 2.24) is 24.8 Å². The Balaban J connectivity index is 0.00000225. The maximum absolute atomic E-state index is 5.85. The minimum absolute atomic E-state index is 0. The van der Waals surface area contributed by atoms with Gasteiger partial charge in [-0.2, -0.15) is 0 Å². The molecule has 0 aliphatic carbocycles. The predicted molar refractivity (Wildman–Crippen MR) is 114 cm³/mol. The van der Waals surface area contributed by atoms with E-state index in [0.29, 0.717) is 12.6 Å². The molecule has 150 valence electrons. The number of hydrogen-bond donors (Lipinski definition) is 1. The number of piperazine rings is 1. The van der Waals surface area contributed by atoms with E-state index < -0.39 is 0 Å². The van der Waals surface area contributed by atoms with Crippen molar-refractivity contribution in [1.29, 1.82) is 0 Å². The average molecular weight is 420 g/mol. The van der Waals surface area contributed by atoms with Crippen molar-refractivity contribution in [3.63, 3.8) is 0 Å². The van der Waals surface area contributed by atoms with Crippen LogP contribution in [0, 0.1) is 6.92 Å². The second kappa shape index (κ2) is 9.52. The van der Waals surface area contributed by atoms with Crippen LogP contribution in [0.25, 0.3) is 0 Å². The molecule has 8 heteroatoms. The summed E-state index contributed by atoms with van der Waals surface area (Å²) in [5, 5.41) is 6.61. The number of ether oxygens (including phenoxy) is 1. The van der Waals surface area contributed by atoms with Gasteiger partial charge in [0.15, 0.2) is 0 Å². The third-order valence-corrected chi connectivity index (χ3v) is 5.70. The Labute approximate surface area is 176 Å². The Kier molecular flexibility index (Phi) is 7.07. The van der Waals surface area contributed by atoms with Crippen LogP contribution in [0.4, 0.5) is 0 Å². The van der Waals surface area contributed by atoms with Gasteiger partial charge in [0.2, 0.25) is 0 Å². The molecule has 3 aromatic rings. The smallest absolute Gasteiger partial charge is 0.131 e. The molecule has 0 spiro atoms. The number of imidazole rings is 1. The first-order chi connectivity index (χ1) is 13.2. The molecule has 0 radical (unpaired) electrons. The second-order valence-electron chi connectivity index (χ2n) is 6.88. The first kappa shape index (κ1) is 20.8. The first-order valence-electron chi connectivity index (χ1n) is 9.24. The minimum Gasteiger partial charge on any atom is -0.487 e. The Morgan fingerprint density at radius 3 is 2.79 bits per heavy atom. The Hall–Kier alpha value is -1.93. The number of nitrogens with zero attached hydrogens (tertiary/aromatic N) is 4. The first-order valence-corrected chi connectivity index (χ1v) is 10.1. The molecule has 1 N–H and O–H groups in total. The minimum atomic E-state index is 0. The van der Waals surface area contributed by atoms with Gasteiger partial charge in [0, 0.05) is 51.0 Å². The molecular weight excluding hydrogens is 394 g/mol. The zero-order chi connectivity index (χ0) is 18.6. The van der Waals surface area contributed by atoms with Crippen LogP contribution >= 0.6 is 23.7 Å². The number of hydrogen-bond acceptors (Lipinski definition) is 6. The molecule has 0 saturated carbocycles. The van der Waals surface area contributed by atoms with Gasteiger partial charge in [-0.25, -0.2) is 9.97 Å². The third-order valence-electron chi connectivity index (χ3n) is 4.87. The van der Waals surface area contributed by atoms with E-state index in [1.165, 1.54) is 5.56 Å². The predicted octanol–water partition coefficient (Wildman–Crippen LogP) is 3.33. The summed E-state index contributed by atoms with van der Waals surface area (Å²) in [7, 11) is 2.06. The molecule has 28 heavy (non-hydrogen) atoms. The van der Waals surface area contributed by atoms with Crippen molar-refractivity contribution in [2.24, 2.45) is 7.05 Å². The lowest BCUT2D eigenvalue weighted by atomic mass is 10.1. The highest BCUT2D eigenvalue weighted by atomic mass is 35.5. The lowest BCUT2D eigenvalue weighted by Crippen LogP contribution is -2.46. The summed E-state index contributed by atoms with van der Waals surface area (Å²) in [5.74, 6) is 1.99. The molecule has 0 bridgehead atoms. The molecule has 1 saturated heterocycles. The van der Waals surface area contributed by atoms with Gasteiger partial charge in [0.05, 0.1) is 16.7 Å². The topological polar surface area (TPSA) is 55.2 Å². The number of halogens is 1. The lowest BCUT2D eigenvalue weighted by molar-refractivity contribution is 0.144. The SMILES string of the molecule is Cc1nc(COc2ccc(CN3CCNCC3c3nccn3C)cc2)cs1.Cl. The Morgan fingerprint density at radius 1 is 1.29 bits per heavy atom. The number of aromatic nitrogens is 3. The van der Waals surface area contributed by atoms with Crippen molar-refractivity contribution in [2.45, 2.75) is 26.1 Å². The zero-order valence-electron chi connectivity index (χ0n) is 16.2. The van der Waals surface area contributed by atoms with E-state index in [4.69, 9.17) is 4.74 Å². The number of aryl methyl sites for hydroxylation is 2. The van der Waals surface area contributed by atoms with Gasteiger partial charge < -0.3 is 14.6 Å². The van der Waals surface area contributed by atoms with Gasteiger partial charge in [0.1, 0.15) is 18.2 Å². The van der Waals surface area contributed by atoms with Crippen LogP contribution in [0.3, 0.4) is 0 Å². The van der Waals surface area contributed by atoms with E-state index in [-0.39, 0.29) is 12.4 Å². The van der Waals surface area contributed by atoms with Crippen molar-refractivity contribution in [3.8, 4) is 5.75 Å². The van der Waals surface area contributed by atoms with Crippen molar-refractivity contribution in [2.75, 3.05) is 19.6 Å². The summed E-state index contributed by atoms with van der Waals surface area (Å²) in [4.78, 5) is 11.5. The van der Waals surface area contributed by atoms with Crippen molar-refractivity contribution in [3.05, 3.63) is 64.1 Å². The molecule has 3 heterocycles. The zero-order valence-corrected chi connectivity index (χ0v) is 17.8. The monoisotopic (exact) mass is 419 g/mol. The van der Waals surface area contributed by atoms with Gasteiger partial charge in [-0.1, -0.05) is 12.1 Å². The number of benzene rings is 1.